The summed E-state index contributed by atoms with van der Waals surface area (Å²) in [6, 6.07) is -0.0814. The third-order valence-electron chi connectivity index (χ3n) is 2.52. The van der Waals surface area contributed by atoms with Crippen molar-refractivity contribution < 1.29 is 0 Å². The molecule has 0 aliphatic heterocycles. The van der Waals surface area contributed by atoms with E-state index in [1.165, 1.54) is 0 Å². The van der Waals surface area contributed by atoms with Crippen molar-refractivity contribution in [1.82, 2.24) is 20.0 Å². The molecule has 0 aliphatic carbocycles. The fourth-order valence-corrected chi connectivity index (χ4v) is 2.56. The minimum absolute atomic E-state index is 0.0814. The van der Waals surface area contributed by atoms with E-state index < -0.39 is 0 Å². The Labute approximate surface area is 105 Å². The first-order chi connectivity index (χ1) is 8.20. The second-order valence-electron chi connectivity index (χ2n) is 4.08. The van der Waals surface area contributed by atoms with Gasteiger partial charge in [0.25, 0.3) is 0 Å². The number of nitrogens with zero attached hydrogens (tertiary/aromatic N) is 4. The fraction of sp³-hybridized carbons (Fsp3) is 0.545. The van der Waals surface area contributed by atoms with Crippen molar-refractivity contribution in [3.05, 3.63) is 28.0 Å². The number of hydrogen-bond acceptors (Lipinski definition) is 5. The largest absolute Gasteiger partial charge is 0.322 e. The standard InChI is InChI=1S/C11H17N5S/c1-3-4-16-10(6-13-15-16)9(12)5-11-14-8(2)7-17-11/h6-7,9H,3-5,12H2,1-2H3. The van der Waals surface area contributed by atoms with Gasteiger partial charge in [0.15, 0.2) is 0 Å². The van der Waals surface area contributed by atoms with Crippen LogP contribution >= 0.6 is 11.3 Å². The van der Waals surface area contributed by atoms with Gasteiger partial charge >= 0.3 is 0 Å². The number of nitrogens with two attached hydrogens (primary N) is 1. The lowest BCUT2D eigenvalue weighted by Crippen LogP contribution is -2.18. The number of rotatable bonds is 5. The van der Waals surface area contributed by atoms with Crippen molar-refractivity contribution in [3.8, 4) is 0 Å². The molecule has 0 bridgehead atoms. The smallest absolute Gasteiger partial charge is 0.0947 e. The molecular formula is C11H17N5S. The topological polar surface area (TPSA) is 69.6 Å². The maximum Gasteiger partial charge on any atom is 0.0947 e. The van der Waals surface area contributed by atoms with Gasteiger partial charge in [-0.2, -0.15) is 0 Å². The van der Waals surface area contributed by atoms with E-state index in [4.69, 9.17) is 5.73 Å². The predicted octanol–water partition coefficient (Wildman–Crippen LogP) is 1.70. The molecular weight excluding hydrogens is 234 g/mol. The van der Waals surface area contributed by atoms with E-state index in [0.717, 1.165) is 35.8 Å². The van der Waals surface area contributed by atoms with Crippen LogP contribution in [0.5, 0.6) is 0 Å². The highest BCUT2D eigenvalue weighted by atomic mass is 32.1. The van der Waals surface area contributed by atoms with Gasteiger partial charge in [-0.05, 0) is 13.3 Å². The van der Waals surface area contributed by atoms with Crippen LogP contribution in [0.3, 0.4) is 0 Å². The molecule has 6 heteroatoms. The molecule has 0 spiro atoms. The average Bonchev–Trinajstić information content (AvgIpc) is 2.88. The maximum atomic E-state index is 6.18. The van der Waals surface area contributed by atoms with Gasteiger partial charge in [-0.15, -0.1) is 16.4 Å². The highest BCUT2D eigenvalue weighted by Crippen LogP contribution is 2.18. The zero-order valence-corrected chi connectivity index (χ0v) is 10.9. The second kappa shape index (κ2) is 5.37. The number of aromatic nitrogens is 4. The van der Waals surface area contributed by atoms with Gasteiger partial charge in [-0.25, -0.2) is 9.67 Å². The maximum absolute atomic E-state index is 6.18. The number of thiazole rings is 1. The first-order valence-electron chi connectivity index (χ1n) is 5.75. The van der Waals surface area contributed by atoms with Crippen molar-refractivity contribution in [2.45, 2.75) is 39.3 Å². The lowest BCUT2D eigenvalue weighted by molar-refractivity contribution is 0.525. The third kappa shape index (κ3) is 2.89. The summed E-state index contributed by atoms with van der Waals surface area (Å²) < 4.78 is 1.88. The number of aryl methyl sites for hydroxylation is 2. The summed E-state index contributed by atoms with van der Waals surface area (Å²) in [6.45, 7) is 4.97. The lowest BCUT2D eigenvalue weighted by Gasteiger charge is -2.11. The monoisotopic (exact) mass is 251 g/mol. The Morgan fingerprint density at radius 2 is 2.35 bits per heavy atom. The van der Waals surface area contributed by atoms with Crippen LogP contribution in [0.4, 0.5) is 0 Å². The molecule has 0 radical (unpaired) electrons. The predicted molar refractivity (Wildman–Crippen MR) is 67.8 cm³/mol. The molecule has 0 saturated carbocycles. The van der Waals surface area contributed by atoms with Crippen molar-refractivity contribution in [2.24, 2.45) is 5.73 Å². The lowest BCUT2D eigenvalue weighted by atomic mass is 10.1. The van der Waals surface area contributed by atoms with Gasteiger partial charge < -0.3 is 5.73 Å². The zero-order chi connectivity index (χ0) is 12.3. The molecule has 92 valence electrons. The Kier molecular flexibility index (Phi) is 3.86. The summed E-state index contributed by atoms with van der Waals surface area (Å²) in [5, 5.41) is 11.1. The van der Waals surface area contributed by atoms with Gasteiger partial charge in [0.05, 0.1) is 22.9 Å². The molecule has 2 aromatic heterocycles. The van der Waals surface area contributed by atoms with E-state index in [2.05, 4.69) is 22.2 Å². The van der Waals surface area contributed by atoms with Crippen LogP contribution in [0.2, 0.25) is 0 Å². The minimum atomic E-state index is -0.0814. The van der Waals surface area contributed by atoms with Crippen molar-refractivity contribution >= 4 is 11.3 Å². The van der Waals surface area contributed by atoms with Gasteiger partial charge in [0.1, 0.15) is 0 Å². The van der Waals surface area contributed by atoms with Crippen LogP contribution in [0.25, 0.3) is 0 Å². The fourth-order valence-electron chi connectivity index (χ4n) is 1.73. The van der Waals surface area contributed by atoms with Crippen LogP contribution in [0.15, 0.2) is 11.6 Å². The minimum Gasteiger partial charge on any atom is -0.322 e. The number of hydrogen-bond donors (Lipinski definition) is 1. The molecule has 0 amide bonds. The summed E-state index contributed by atoms with van der Waals surface area (Å²) in [7, 11) is 0. The zero-order valence-electron chi connectivity index (χ0n) is 10.1. The Hall–Kier alpha value is -1.27. The molecule has 0 saturated heterocycles. The van der Waals surface area contributed by atoms with E-state index in [-0.39, 0.29) is 6.04 Å². The van der Waals surface area contributed by atoms with Gasteiger partial charge in [0.2, 0.25) is 0 Å². The first-order valence-corrected chi connectivity index (χ1v) is 6.63. The molecule has 1 atom stereocenters. The summed E-state index contributed by atoms with van der Waals surface area (Å²) in [6.07, 6.45) is 3.52. The van der Waals surface area contributed by atoms with Crippen LogP contribution in [0, 0.1) is 6.92 Å². The van der Waals surface area contributed by atoms with Crippen molar-refractivity contribution in [1.29, 1.82) is 0 Å². The van der Waals surface area contributed by atoms with Crippen LogP contribution in [-0.4, -0.2) is 20.0 Å². The third-order valence-corrected chi connectivity index (χ3v) is 3.51. The molecule has 1 unspecified atom stereocenters. The van der Waals surface area contributed by atoms with E-state index in [0.29, 0.717) is 0 Å². The van der Waals surface area contributed by atoms with Gasteiger partial charge in [0, 0.05) is 24.0 Å². The van der Waals surface area contributed by atoms with Crippen molar-refractivity contribution in [3.63, 3.8) is 0 Å². The Balaban J connectivity index is 2.08. The SMILES string of the molecule is CCCn1nncc1C(N)Cc1nc(C)cs1. The molecule has 2 heterocycles. The van der Waals surface area contributed by atoms with E-state index in [1.54, 1.807) is 17.5 Å². The summed E-state index contributed by atoms with van der Waals surface area (Å²) >= 11 is 1.65. The van der Waals surface area contributed by atoms with E-state index >= 15 is 0 Å². The molecule has 0 aliphatic rings. The molecule has 2 N–H and O–H groups in total. The summed E-state index contributed by atoms with van der Waals surface area (Å²) in [5.74, 6) is 0. The van der Waals surface area contributed by atoms with E-state index in [9.17, 15) is 0 Å². The Morgan fingerprint density at radius 3 is 3.00 bits per heavy atom. The first kappa shape index (κ1) is 12.2. The van der Waals surface area contributed by atoms with Crippen LogP contribution in [-0.2, 0) is 13.0 Å². The highest BCUT2D eigenvalue weighted by Gasteiger charge is 2.14. The molecule has 17 heavy (non-hydrogen) atoms. The molecule has 5 nitrogen and oxygen atoms in total. The van der Waals surface area contributed by atoms with Gasteiger partial charge in [-0.1, -0.05) is 12.1 Å². The Morgan fingerprint density at radius 1 is 1.53 bits per heavy atom. The Bertz CT molecular complexity index is 476. The van der Waals surface area contributed by atoms with Crippen LogP contribution < -0.4 is 5.73 Å². The highest BCUT2D eigenvalue weighted by molar-refractivity contribution is 7.09. The normalized spacial score (nSPS) is 12.9. The van der Waals surface area contributed by atoms with Crippen LogP contribution in [0.1, 0.15) is 35.8 Å². The second-order valence-corrected chi connectivity index (χ2v) is 5.02. The quantitative estimate of drug-likeness (QED) is 0.878. The van der Waals surface area contributed by atoms with Crippen molar-refractivity contribution in [2.75, 3.05) is 0 Å². The molecule has 0 aromatic carbocycles. The molecule has 2 aromatic rings. The summed E-state index contributed by atoms with van der Waals surface area (Å²) in [5.41, 5.74) is 8.22. The average molecular weight is 251 g/mol. The van der Waals surface area contributed by atoms with E-state index in [1.807, 2.05) is 17.0 Å². The molecule has 0 fully saturated rings. The van der Waals surface area contributed by atoms with Gasteiger partial charge in [-0.3, -0.25) is 0 Å². The molecule has 2 rings (SSSR count). The summed E-state index contributed by atoms with van der Waals surface area (Å²) in [4.78, 5) is 4.42.